The number of carboxylic acid groups (broad SMARTS) is 1. The number of nitrogens with zero attached hydrogens (tertiary/aromatic N) is 4. The van der Waals surface area contributed by atoms with E-state index in [1.54, 1.807) is 6.20 Å². The third-order valence-corrected chi connectivity index (χ3v) is 3.18. The second kappa shape index (κ2) is 6.36. The molecule has 2 aromatic rings. The average molecular weight is 289 g/mol. The number of aromatic carboxylic acids is 1. The summed E-state index contributed by atoms with van der Waals surface area (Å²) in [5, 5.41) is 16.6. The average Bonchev–Trinajstić information content (AvgIpc) is 2.78. The van der Waals surface area contributed by atoms with Gasteiger partial charge in [-0.1, -0.05) is 0 Å². The third-order valence-electron chi connectivity index (χ3n) is 3.18. The molecule has 0 unspecified atom stereocenters. The van der Waals surface area contributed by atoms with E-state index in [4.69, 9.17) is 5.11 Å². The van der Waals surface area contributed by atoms with E-state index in [-0.39, 0.29) is 5.56 Å². The van der Waals surface area contributed by atoms with Crippen LogP contribution >= 0.6 is 0 Å². The Kier molecular flexibility index (Phi) is 4.54. The molecule has 0 radical (unpaired) electrons. The molecule has 2 rings (SSSR count). The van der Waals surface area contributed by atoms with Crippen molar-refractivity contribution in [2.75, 3.05) is 26.0 Å². The number of aromatic nitrogens is 3. The van der Waals surface area contributed by atoms with Crippen LogP contribution in [-0.2, 0) is 6.54 Å². The summed E-state index contributed by atoms with van der Waals surface area (Å²) in [6.07, 6.45) is 4.66. The predicted octanol–water partition coefficient (Wildman–Crippen LogP) is 1.59. The van der Waals surface area contributed by atoms with Gasteiger partial charge >= 0.3 is 5.97 Å². The van der Waals surface area contributed by atoms with E-state index >= 15 is 0 Å². The Labute approximate surface area is 123 Å². The van der Waals surface area contributed by atoms with Gasteiger partial charge in [0, 0.05) is 12.7 Å². The zero-order valence-corrected chi connectivity index (χ0v) is 12.4. The maximum absolute atomic E-state index is 11.2. The summed E-state index contributed by atoms with van der Waals surface area (Å²) < 4.78 is 1.89. The number of anilines is 2. The smallest absolute Gasteiger partial charge is 0.337 e. The lowest BCUT2D eigenvalue weighted by molar-refractivity contribution is 0.0698. The van der Waals surface area contributed by atoms with Crippen LogP contribution in [0.25, 0.3) is 0 Å². The summed E-state index contributed by atoms with van der Waals surface area (Å²) in [4.78, 5) is 17.2. The number of likely N-dealkylation sites (N-methyl/N-ethyl adjacent to an activating group) is 1. The fourth-order valence-corrected chi connectivity index (χ4v) is 1.92. The molecule has 0 bridgehead atoms. The molecule has 2 aromatic heterocycles. The Hall–Kier alpha value is -2.41. The number of nitrogens with one attached hydrogen (secondary N) is 1. The van der Waals surface area contributed by atoms with Crippen LogP contribution in [0.5, 0.6) is 0 Å². The fourth-order valence-electron chi connectivity index (χ4n) is 1.92. The van der Waals surface area contributed by atoms with Crippen molar-refractivity contribution in [2.24, 2.45) is 0 Å². The minimum absolute atomic E-state index is 0.186. The molecule has 7 nitrogen and oxygen atoms in total. The third kappa shape index (κ3) is 3.57. The Morgan fingerprint density at radius 1 is 1.38 bits per heavy atom. The molecule has 0 fully saturated rings. The van der Waals surface area contributed by atoms with Gasteiger partial charge in [0.1, 0.15) is 0 Å². The van der Waals surface area contributed by atoms with Gasteiger partial charge in [0.2, 0.25) is 0 Å². The van der Waals surface area contributed by atoms with Crippen LogP contribution in [-0.4, -0.2) is 51.4 Å². The number of rotatable bonds is 6. The standard InChI is InChI=1S/C14H19N5O2/c1-10-12(9-16-19(10)7-6-18(2)3)17-13-8-15-5-4-11(13)14(20)21/h4-5,8-9,17H,6-7H2,1-3H3,(H,20,21). The highest BCUT2D eigenvalue weighted by molar-refractivity contribution is 5.94. The van der Waals surface area contributed by atoms with Gasteiger partial charge in [0.15, 0.2) is 0 Å². The van der Waals surface area contributed by atoms with Crippen LogP contribution in [0.4, 0.5) is 11.4 Å². The van der Waals surface area contributed by atoms with Gasteiger partial charge < -0.3 is 15.3 Å². The van der Waals surface area contributed by atoms with Crippen molar-refractivity contribution in [3.63, 3.8) is 0 Å². The maximum Gasteiger partial charge on any atom is 0.337 e. The highest BCUT2D eigenvalue weighted by Crippen LogP contribution is 2.22. The van der Waals surface area contributed by atoms with Crippen LogP contribution in [0.1, 0.15) is 16.1 Å². The number of carbonyl (C=O) groups is 1. The Morgan fingerprint density at radius 3 is 2.81 bits per heavy atom. The minimum Gasteiger partial charge on any atom is -0.478 e. The second-order valence-corrected chi connectivity index (χ2v) is 5.02. The highest BCUT2D eigenvalue weighted by atomic mass is 16.4. The monoisotopic (exact) mass is 289 g/mol. The van der Waals surface area contributed by atoms with Crippen molar-refractivity contribution < 1.29 is 9.90 Å². The van der Waals surface area contributed by atoms with Gasteiger partial charge in [-0.05, 0) is 27.1 Å². The molecular weight excluding hydrogens is 270 g/mol. The SMILES string of the molecule is Cc1c(Nc2cnccc2C(=O)O)cnn1CCN(C)C. The lowest BCUT2D eigenvalue weighted by Gasteiger charge is -2.11. The molecule has 0 aliphatic carbocycles. The number of carboxylic acids is 1. The molecule has 0 aliphatic heterocycles. The summed E-state index contributed by atoms with van der Waals surface area (Å²) in [6.45, 7) is 3.61. The van der Waals surface area contributed by atoms with Gasteiger partial charge in [-0.2, -0.15) is 5.10 Å². The zero-order valence-electron chi connectivity index (χ0n) is 12.4. The number of pyridine rings is 1. The zero-order chi connectivity index (χ0) is 15.4. The molecule has 0 atom stereocenters. The summed E-state index contributed by atoms with van der Waals surface area (Å²) >= 11 is 0. The van der Waals surface area contributed by atoms with Crippen LogP contribution in [0.2, 0.25) is 0 Å². The highest BCUT2D eigenvalue weighted by Gasteiger charge is 2.12. The summed E-state index contributed by atoms with van der Waals surface area (Å²) in [6, 6.07) is 1.47. The molecule has 2 heterocycles. The molecule has 0 spiro atoms. The molecule has 7 heteroatoms. The van der Waals surface area contributed by atoms with E-state index in [1.807, 2.05) is 25.7 Å². The maximum atomic E-state index is 11.2. The first-order valence-corrected chi connectivity index (χ1v) is 6.60. The summed E-state index contributed by atoms with van der Waals surface area (Å²) in [5.41, 5.74) is 2.38. The Balaban J connectivity index is 2.19. The van der Waals surface area contributed by atoms with Crippen LogP contribution in [0.3, 0.4) is 0 Å². The first-order chi connectivity index (χ1) is 9.99. The van der Waals surface area contributed by atoms with Crippen molar-refractivity contribution in [1.29, 1.82) is 0 Å². The Morgan fingerprint density at radius 2 is 2.14 bits per heavy atom. The van der Waals surface area contributed by atoms with Crippen LogP contribution < -0.4 is 5.32 Å². The van der Waals surface area contributed by atoms with E-state index in [1.165, 1.54) is 18.5 Å². The molecule has 0 amide bonds. The van der Waals surface area contributed by atoms with E-state index < -0.39 is 5.97 Å². The molecule has 21 heavy (non-hydrogen) atoms. The van der Waals surface area contributed by atoms with Crippen LogP contribution in [0.15, 0.2) is 24.7 Å². The van der Waals surface area contributed by atoms with Gasteiger partial charge in [0.25, 0.3) is 0 Å². The van der Waals surface area contributed by atoms with E-state index in [9.17, 15) is 4.79 Å². The molecule has 0 saturated carbocycles. The summed E-state index contributed by atoms with van der Waals surface area (Å²) in [5.74, 6) is -0.988. The molecule has 112 valence electrons. The quantitative estimate of drug-likeness (QED) is 0.840. The van der Waals surface area contributed by atoms with Gasteiger partial charge in [0.05, 0.1) is 41.6 Å². The van der Waals surface area contributed by atoms with Crippen molar-refractivity contribution >= 4 is 17.3 Å². The van der Waals surface area contributed by atoms with E-state index in [0.29, 0.717) is 5.69 Å². The lowest BCUT2D eigenvalue weighted by atomic mass is 10.2. The van der Waals surface area contributed by atoms with Gasteiger partial charge in [-0.3, -0.25) is 9.67 Å². The molecule has 0 aromatic carbocycles. The van der Waals surface area contributed by atoms with E-state index in [0.717, 1.165) is 24.5 Å². The van der Waals surface area contributed by atoms with Crippen molar-refractivity contribution in [3.05, 3.63) is 35.9 Å². The first kappa shape index (κ1) is 15.0. The molecule has 0 saturated heterocycles. The lowest BCUT2D eigenvalue weighted by Crippen LogP contribution is -2.19. The van der Waals surface area contributed by atoms with Gasteiger partial charge in [-0.15, -0.1) is 0 Å². The molecule has 0 aliphatic rings. The predicted molar refractivity (Wildman–Crippen MR) is 80.0 cm³/mol. The van der Waals surface area contributed by atoms with Crippen molar-refractivity contribution in [3.8, 4) is 0 Å². The molecule has 2 N–H and O–H groups in total. The fraction of sp³-hybridized carbons (Fsp3) is 0.357. The van der Waals surface area contributed by atoms with Crippen molar-refractivity contribution in [1.82, 2.24) is 19.7 Å². The largest absolute Gasteiger partial charge is 0.478 e. The van der Waals surface area contributed by atoms with Crippen LogP contribution in [0, 0.1) is 6.92 Å². The number of hydrogen-bond donors (Lipinski definition) is 2. The van der Waals surface area contributed by atoms with E-state index in [2.05, 4.69) is 20.3 Å². The number of hydrogen-bond acceptors (Lipinski definition) is 5. The normalized spacial score (nSPS) is 10.9. The van der Waals surface area contributed by atoms with Gasteiger partial charge in [-0.25, -0.2) is 4.79 Å². The second-order valence-electron chi connectivity index (χ2n) is 5.02. The van der Waals surface area contributed by atoms with Crippen molar-refractivity contribution in [2.45, 2.75) is 13.5 Å². The minimum atomic E-state index is -0.988. The topological polar surface area (TPSA) is 83.3 Å². The first-order valence-electron chi connectivity index (χ1n) is 6.60. The Bertz CT molecular complexity index is 636. The molecular formula is C14H19N5O2. The summed E-state index contributed by atoms with van der Waals surface area (Å²) in [7, 11) is 4.01.